The van der Waals surface area contributed by atoms with Gasteiger partial charge in [0.1, 0.15) is 6.17 Å². The molecule has 3 aromatic carbocycles. The van der Waals surface area contributed by atoms with Crippen molar-refractivity contribution in [2.24, 2.45) is 5.73 Å². The molecule has 1 aliphatic heterocycles. The van der Waals surface area contributed by atoms with E-state index in [1.54, 1.807) is 18.3 Å². The monoisotopic (exact) mass is 537 g/mol. The van der Waals surface area contributed by atoms with Gasteiger partial charge >= 0.3 is 0 Å². The van der Waals surface area contributed by atoms with E-state index < -0.39 is 5.91 Å². The zero-order valence-corrected chi connectivity index (χ0v) is 22.0. The fraction of sp³-hybridized carbons (Fsp3) is 0.200. The summed E-state index contributed by atoms with van der Waals surface area (Å²) in [6.07, 6.45) is 2.78. The molecule has 1 aliphatic rings. The van der Waals surface area contributed by atoms with Crippen molar-refractivity contribution in [1.29, 1.82) is 0 Å². The van der Waals surface area contributed by atoms with E-state index in [0.29, 0.717) is 36.8 Å². The number of nitrogens with two attached hydrogens (primary N) is 1. The number of anilines is 3. The Morgan fingerprint density at radius 2 is 1.93 bits per heavy atom. The first-order chi connectivity index (χ1) is 19.4. The highest BCUT2D eigenvalue weighted by Gasteiger charge is 2.28. The fourth-order valence-corrected chi connectivity index (χ4v) is 4.92. The van der Waals surface area contributed by atoms with Crippen molar-refractivity contribution in [1.82, 2.24) is 14.9 Å². The minimum atomic E-state index is -0.483. The van der Waals surface area contributed by atoms with Gasteiger partial charge in [-0.25, -0.2) is 9.97 Å². The zero-order valence-electron chi connectivity index (χ0n) is 22.0. The van der Waals surface area contributed by atoms with Gasteiger partial charge in [-0.05, 0) is 42.0 Å². The summed E-state index contributed by atoms with van der Waals surface area (Å²) in [7, 11) is 0. The van der Waals surface area contributed by atoms with Crippen molar-refractivity contribution in [2.45, 2.75) is 6.17 Å². The van der Waals surface area contributed by atoms with Crippen LogP contribution in [0.3, 0.4) is 0 Å². The number of primary amides is 1. The SMILES string of the molecule is C=CC(=O)Nc1cccc(-c2cccc3cnc(NC4CN(CCO)CCN4c4cccc(C(N)=O)c4)nc23)c1. The summed E-state index contributed by atoms with van der Waals surface area (Å²) in [5.41, 5.74) is 10.0. The molecule has 1 fully saturated rings. The molecule has 0 radical (unpaired) electrons. The van der Waals surface area contributed by atoms with E-state index in [1.165, 1.54) is 6.08 Å². The van der Waals surface area contributed by atoms with E-state index in [0.717, 1.165) is 34.3 Å². The van der Waals surface area contributed by atoms with Crippen LogP contribution in [0.15, 0.2) is 85.6 Å². The Bertz CT molecular complexity index is 1560. The first-order valence-electron chi connectivity index (χ1n) is 13.0. The standard InChI is InChI=1S/C30H31N7O3/c1-2-27(39)33-23-9-3-6-20(16-23)25-11-5-8-22-18-32-30(35-28(22)25)34-26-19-36(14-15-38)12-13-37(26)24-10-4-7-21(17-24)29(31)40/h2-11,16-18,26,38H,1,12-15,19H2,(H2,31,40)(H,33,39)(H,32,34,35). The Morgan fingerprint density at radius 3 is 2.73 bits per heavy atom. The Labute approximate surface area is 232 Å². The summed E-state index contributed by atoms with van der Waals surface area (Å²) < 4.78 is 0. The van der Waals surface area contributed by atoms with Crippen LogP contribution in [0.25, 0.3) is 22.0 Å². The number of hydrogen-bond acceptors (Lipinski definition) is 8. The molecule has 2 amide bonds. The molecule has 5 rings (SSSR count). The van der Waals surface area contributed by atoms with E-state index in [9.17, 15) is 14.7 Å². The number of carbonyl (C=O) groups excluding carboxylic acids is 2. The van der Waals surface area contributed by atoms with Crippen LogP contribution in [0.5, 0.6) is 0 Å². The van der Waals surface area contributed by atoms with Crippen LogP contribution in [0.4, 0.5) is 17.3 Å². The second kappa shape index (κ2) is 11.9. The van der Waals surface area contributed by atoms with Gasteiger partial charge in [-0.1, -0.05) is 43.0 Å². The van der Waals surface area contributed by atoms with Crippen molar-refractivity contribution < 1.29 is 14.7 Å². The molecule has 10 heteroatoms. The number of piperazine rings is 1. The molecule has 4 aromatic rings. The minimum Gasteiger partial charge on any atom is -0.395 e. The molecular weight excluding hydrogens is 506 g/mol. The maximum atomic E-state index is 11.8. The topological polar surface area (TPSA) is 137 Å². The maximum absolute atomic E-state index is 11.8. The molecule has 0 aliphatic carbocycles. The average Bonchev–Trinajstić information content (AvgIpc) is 2.97. The molecule has 0 bridgehead atoms. The Balaban J connectivity index is 1.48. The molecule has 40 heavy (non-hydrogen) atoms. The van der Waals surface area contributed by atoms with Crippen molar-refractivity contribution >= 4 is 40.0 Å². The third kappa shape index (κ3) is 5.93. The van der Waals surface area contributed by atoms with E-state index >= 15 is 0 Å². The lowest BCUT2D eigenvalue weighted by atomic mass is 10.0. The summed E-state index contributed by atoms with van der Waals surface area (Å²) in [5.74, 6) is -0.315. The Morgan fingerprint density at radius 1 is 1.10 bits per heavy atom. The van der Waals surface area contributed by atoms with E-state index in [2.05, 4.69) is 32.0 Å². The lowest BCUT2D eigenvalue weighted by Crippen LogP contribution is -2.57. The molecule has 0 spiro atoms. The van der Waals surface area contributed by atoms with E-state index in [1.807, 2.05) is 54.6 Å². The number of β-amino-alcohol motifs (C(OH)–C–C–N with tert-alkyl or cyclic N) is 1. The number of nitrogens with zero attached hydrogens (tertiary/aromatic N) is 4. The molecule has 1 aromatic heterocycles. The number of rotatable bonds is 9. The second-order valence-corrected chi connectivity index (χ2v) is 9.50. The number of para-hydroxylation sites is 1. The van der Waals surface area contributed by atoms with E-state index in [4.69, 9.17) is 10.7 Å². The van der Waals surface area contributed by atoms with Crippen LogP contribution < -0.4 is 21.3 Å². The molecular formula is C30H31N7O3. The van der Waals surface area contributed by atoms with Crippen LogP contribution in [0.1, 0.15) is 10.4 Å². The van der Waals surface area contributed by atoms with Gasteiger partial charge in [-0.3, -0.25) is 14.5 Å². The summed E-state index contributed by atoms with van der Waals surface area (Å²) in [6.45, 7) is 6.15. The quantitative estimate of drug-likeness (QED) is 0.239. The number of fused-ring (bicyclic) bond motifs is 1. The smallest absolute Gasteiger partial charge is 0.248 e. The number of aliphatic hydroxyl groups excluding tert-OH is 1. The number of nitrogens with one attached hydrogen (secondary N) is 2. The zero-order chi connectivity index (χ0) is 28.1. The maximum Gasteiger partial charge on any atom is 0.248 e. The van der Waals surface area contributed by atoms with Crippen molar-refractivity contribution in [3.8, 4) is 11.1 Å². The lowest BCUT2D eigenvalue weighted by Gasteiger charge is -2.43. The van der Waals surface area contributed by atoms with Crippen molar-refractivity contribution in [3.63, 3.8) is 0 Å². The number of aliphatic hydroxyl groups is 1. The van der Waals surface area contributed by atoms with Gasteiger partial charge in [0.05, 0.1) is 12.1 Å². The number of carbonyl (C=O) groups is 2. The molecule has 204 valence electrons. The number of benzene rings is 3. The van der Waals surface area contributed by atoms with Gasteiger partial charge in [-0.2, -0.15) is 0 Å². The van der Waals surface area contributed by atoms with Gasteiger partial charge in [0.15, 0.2) is 0 Å². The molecule has 10 nitrogen and oxygen atoms in total. The normalized spacial score (nSPS) is 15.5. The highest BCUT2D eigenvalue weighted by atomic mass is 16.3. The largest absolute Gasteiger partial charge is 0.395 e. The molecule has 0 saturated carbocycles. The highest BCUT2D eigenvalue weighted by Crippen LogP contribution is 2.30. The first kappa shape index (κ1) is 26.8. The Hall–Kier alpha value is -4.80. The van der Waals surface area contributed by atoms with Gasteiger partial charge < -0.3 is 26.4 Å². The number of amides is 2. The second-order valence-electron chi connectivity index (χ2n) is 9.50. The predicted octanol–water partition coefficient (Wildman–Crippen LogP) is 3.07. The molecule has 5 N–H and O–H groups in total. The third-order valence-electron chi connectivity index (χ3n) is 6.88. The van der Waals surface area contributed by atoms with Crippen LogP contribution in [0, 0.1) is 0 Å². The first-order valence-corrected chi connectivity index (χ1v) is 13.0. The van der Waals surface area contributed by atoms with Crippen LogP contribution in [-0.4, -0.2) is 70.7 Å². The van der Waals surface area contributed by atoms with Crippen LogP contribution in [0.2, 0.25) is 0 Å². The van der Waals surface area contributed by atoms with Gasteiger partial charge in [-0.15, -0.1) is 0 Å². The van der Waals surface area contributed by atoms with Gasteiger partial charge in [0.2, 0.25) is 17.8 Å². The lowest BCUT2D eigenvalue weighted by molar-refractivity contribution is -0.111. The summed E-state index contributed by atoms with van der Waals surface area (Å²) in [5, 5.41) is 16.7. The average molecular weight is 538 g/mol. The molecule has 2 heterocycles. The van der Waals surface area contributed by atoms with E-state index in [-0.39, 0.29) is 18.7 Å². The van der Waals surface area contributed by atoms with Crippen LogP contribution >= 0.6 is 0 Å². The third-order valence-corrected chi connectivity index (χ3v) is 6.88. The van der Waals surface area contributed by atoms with Crippen LogP contribution in [-0.2, 0) is 4.79 Å². The highest BCUT2D eigenvalue weighted by molar-refractivity contribution is 6.00. The molecule has 1 saturated heterocycles. The number of aromatic nitrogens is 2. The van der Waals surface area contributed by atoms with Crippen molar-refractivity contribution in [2.75, 3.05) is 48.3 Å². The summed E-state index contributed by atoms with van der Waals surface area (Å²) in [4.78, 5) is 37.5. The van der Waals surface area contributed by atoms with Gasteiger partial charge in [0.25, 0.3) is 0 Å². The predicted molar refractivity (Wildman–Crippen MR) is 157 cm³/mol. The van der Waals surface area contributed by atoms with Gasteiger partial charge in [0, 0.05) is 60.3 Å². The van der Waals surface area contributed by atoms with Crippen molar-refractivity contribution in [3.05, 3.63) is 91.1 Å². The summed E-state index contributed by atoms with van der Waals surface area (Å²) >= 11 is 0. The molecule has 1 atom stereocenters. The number of hydrogen-bond donors (Lipinski definition) is 4. The summed E-state index contributed by atoms with van der Waals surface area (Å²) in [6, 6.07) is 20.7. The molecule has 1 unspecified atom stereocenters. The minimum absolute atomic E-state index is 0.0615. The Kier molecular flexibility index (Phi) is 7.99. The fourth-order valence-electron chi connectivity index (χ4n) is 4.92.